The van der Waals surface area contributed by atoms with E-state index >= 15 is 0 Å². The standard InChI is InChI=1S/C22H24ClN5O2/c1-2-30-22(29)28-13-9-18(10-14-28)25-21-19(15-7-11-24-12-8-15)20(26-27-21)16-3-5-17(23)6-4-16/h3-8,11-12,18H,2,9-10,13-14H2,1H3,(H2,25,26,27). The molecule has 1 amide bonds. The second-order valence-corrected chi connectivity index (χ2v) is 7.61. The molecule has 0 atom stereocenters. The minimum Gasteiger partial charge on any atom is -0.450 e. The molecule has 30 heavy (non-hydrogen) atoms. The van der Waals surface area contributed by atoms with E-state index in [4.69, 9.17) is 16.3 Å². The van der Waals surface area contributed by atoms with Crippen LogP contribution in [0.1, 0.15) is 19.8 Å². The number of benzene rings is 1. The average Bonchev–Trinajstić information content (AvgIpc) is 3.19. The van der Waals surface area contributed by atoms with Gasteiger partial charge in [0.15, 0.2) is 5.82 Å². The van der Waals surface area contributed by atoms with Crippen LogP contribution in [0.25, 0.3) is 22.4 Å². The molecule has 1 aromatic carbocycles. The Morgan fingerprint density at radius 3 is 2.53 bits per heavy atom. The number of pyridine rings is 1. The molecule has 0 bridgehead atoms. The molecule has 1 aliphatic heterocycles. The largest absolute Gasteiger partial charge is 0.450 e. The number of ether oxygens (including phenoxy) is 1. The normalized spacial score (nSPS) is 14.5. The van der Waals surface area contributed by atoms with Crippen LogP contribution < -0.4 is 5.32 Å². The first-order valence-corrected chi connectivity index (χ1v) is 10.5. The fourth-order valence-electron chi connectivity index (χ4n) is 3.69. The number of halogens is 1. The molecule has 0 spiro atoms. The number of H-pyrrole nitrogens is 1. The van der Waals surface area contributed by atoms with Gasteiger partial charge in [0.1, 0.15) is 0 Å². The second-order valence-electron chi connectivity index (χ2n) is 7.17. The molecule has 0 radical (unpaired) electrons. The number of amides is 1. The molecule has 4 rings (SSSR count). The smallest absolute Gasteiger partial charge is 0.409 e. The molecule has 2 aromatic heterocycles. The Hall–Kier alpha value is -3.06. The maximum absolute atomic E-state index is 11.9. The molecule has 1 aliphatic rings. The third-order valence-corrected chi connectivity index (χ3v) is 5.48. The van der Waals surface area contributed by atoms with E-state index < -0.39 is 0 Å². The van der Waals surface area contributed by atoms with E-state index in [-0.39, 0.29) is 12.1 Å². The van der Waals surface area contributed by atoms with Crippen LogP contribution in [0, 0.1) is 0 Å². The van der Waals surface area contributed by atoms with Crippen LogP contribution in [0.3, 0.4) is 0 Å². The minimum atomic E-state index is -0.238. The highest BCUT2D eigenvalue weighted by Gasteiger charge is 2.25. The summed E-state index contributed by atoms with van der Waals surface area (Å²) in [5.74, 6) is 0.792. The van der Waals surface area contributed by atoms with E-state index in [1.54, 1.807) is 17.3 Å². The van der Waals surface area contributed by atoms with Crippen LogP contribution in [-0.4, -0.2) is 51.9 Å². The van der Waals surface area contributed by atoms with Gasteiger partial charge in [-0.1, -0.05) is 23.7 Å². The summed E-state index contributed by atoms with van der Waals surface area (Å²) >= 11 is 6.06. The Balaban J connectivity index is 1.57. The molecule has 0 saturated carbocycles. The van der Waals surface area contributed by atoms with Gasteiger partial charge in [0.2, 0.25) is 0 Å². The van der Waals surface area contributed by atoms with Crippen LogP contribution in [0.4, 0.5) is 10.6 Å². The summed E-state index contributed by atoms with van der Waals surface area (Å²) in [6.07, 6.45) is 4.97. The number of likely N-dealkylation sites (tertiary alicyclic amines) is 1. The fourth-order valence-corrected chi connectivity index (χ4v) is 3.81. The molecule has 1 saturated heterocycles. The first-order chi connectivity index (χ1) is 14.7. The predicted octanol–water partition coefficient (Wildman–Crippen LogP) is 4.82. The van der Waals surface area contributed by atoms with E-state index in [9.17, 15) is 4.79 Å². The lowest BCUT2D eigenvalue weighted by atomic mass is 10.0. The zero-order valence-electron chi connectivity index (χ0n) is 16.8. The van der Waals surface area contributed by atoms with E-state index in [1.807, 2.05) is 43.3 Å². The first-order valence-electron chi connectivity index (χ1n) is 10.1. The lowest BCUT2D eigenvalue weighted by Crippen LogP contribution is -2.42. The van der Waals surface area contributed by atoms with Crippen LogP contribution in [0.15, 0.2) is 48.8 Å². The van der Waals surface area contributed by atoms with E-state index in [2.05, 4.69) is 20.5 Å². The summed E-state index contributed by atoms with van der Waals surface area (Å²) in [6.45, 7) is 3.54. The maximum atomic E-state index is 11.9. The Kier molecular flexibility index (Phi) is 6.18. The second kappa shape index (κ2) is 9.17. The maximum Gasteiger partial charge on any atom is 0.409 e. The summed E-state index contributed by atoms with van der Waals surface area (Å²) in [6, 6.07) is 11.8. The third kappa shape index (κ3) is 4.41. The number of anilines is 1. The van der Waals surface area contributed by atoms with Crippen molar-refractivity contribution in [2.45, 2.75) is 25.8 Å². The van der Waals surface area contributed by atoms with Gasteiger partial charge in [0.25, 0.3) is 0 Å². The SMILES string of the molecule is CCOC(=O)N1CCC(Nc2n[nH]c(-c3ccc(Cl)cc3)c2-c2ccncc2)CC1. The van der Waals surface area contributed by atoms with Gasteiger partial charge < -0.3 is 15.0 Å². The summed E-state index contributed by atoms with van der Waals surface area (Å²) < 4.78 is 5.11. The first kappa shape index (κ1) is 20.2. The number of carbonyl (C=O) groups excluding carboxylic acids is 1. The van der Waals surface area contributed by atoms with Crippen molar-refractivity contribution in [1.82, 2.24) is 20.1 Å². The summed E-state index contributed by atoms with van der Waals surface area (Å²) in [5.41, 5.74) is 3.94. The van der Waals surface area contributed by atoms with Gasteiger partial charge in [-0.25, -0.2) is 4.79 Å². The van der Waals surface area contributed by atoms with Crippen LogP contribution >= 0.6 is 11.6 Å². The van der Waals surface area contributed by atoms with Gasteiger partial charge >= 0.3 is 6.09 Å². The van der Waals surface area contributed by atoms with Crippen molar-refractivity contribution in [2.75, 3.05) is 25.0 Å². The highest BCUT2D eigenvalue weighted by atomic mass is 35.5. The number of nitrogens with one attached hydrogen (secondary N) is 2. The molecule has 156 valence electrons. The molecule has 2 N–H and O–H groups in total. The Morgan fingerprint density at radius 1 is 1.17 bits per heavy atom. The highest BCUT2D eigenvalue weighted by molar-refractivity contribution is 6.30. The van der Waals surface area contributed by atoms with E-state index in [0.29, 0.717) is 24.7 Å². The van der Waals surface area contributed by atoms with Gasteiger partial charge in [0.05, 0.1) is 17.9 Å². The highest BCUT2D eigenvalue weighted by Crippen LogP contribution is 2.37. The fraction of sp³-hybridized carbons (Fsp3) is 0.318. The number of piperidine rings is 1. The summed E-state index contributed by atoms with van der Waals surface area (Å²) in [4.78, 5) is 17.8. The number of aromatic nitrogens is 3. The predicted molar refractivity (Wildman–Crippen MR) is 118 cm³/mol. The van der Waals surface area contributed by atoms with Crippen molar-refractivity contribution in [2.24, 2.45) is 0 Å². The van der Waals surface area contributed by atoms with Gasteiger partial charge in [-0.2, -0.15) is 5.10 Å². The van der Waals surface area contributed by atoms with Crippen molar-refractivity contribution in [3.05, 3.63) is 53.8 Å². The van der Waals surface area contributed by atoms with Crippen molar-refractivity contribution >= 4 is 23.5 Å². The Morgan fingerprint density at radius 2 is 1.87 bits per heavy atom. The zero-order chi connectivity index (χ0) is 20.9. The van der Waals surface area contributed by atoms with Crippen LogP contribution in [0.5, 0.6) is 0 Å². The lowest BCUT2D eigenvalue weighted by Gasteiger charge is -2.31. The number of aromatic amines is 1. The van der Waals surface area contributed by atoms with Gasteiger partial charge in [-0.05, 0) is 49.6 Å². The van der Waals surface area contributed by atoms with Crippen molar-refractivity contribution < 1.29 is 9.53 Å². The average molecular weight is 426 g/mol. The number of nitrogens with zero attached hydrogens (tertiary/aromatic N) is 3. The topological polar surface area (TPSA) is 83.1 Å². The molecule has 8 heteroatoms. The number of rotatable bonds is 5. The van der Waals surface area contributed by atoms with Crippen LogP contribution in [-0.2, 0) is 4.74 Å². The minimum absolute atomic E-state index is 0.220. The Bertz CT molecular complexity index is 983. The molecular weight excluding hydrogens is 402 g/mol. The van der Waals surface area contributed by atoms with Crippen molar-refractivity contribution in [1.29, 1.82) is 0 Å². The van der Waals surface area contributed by atoms with Crippen LogP contribution in [0.2, 0.25) is 5.02 Å². The zero-order valence-corrected chi connectivity index (χ0v) is 17.5. The number of carbonyl (C=O) groups is 1. The molecule has 0 unspecified atom stereocenters. The summed E-state index contributed by atoms with van der Waals surface area (Å²) in [5, 5.41) is 12.0. The number of hydrogen-bond donors (Lipinski definition) is 2. The van der Waals surface area contributed by atoms with Gasteiger partial charge in [0, 0.05) is 42.1 Å². The van der Waals surface area contributed by atoms with E-state index in [1.165, 1.54) is 0 Å². The molecule has 0 aliphatic carbocycles. The summed E-state index contributed by atoms with van der Waals surface area (Å²) in [7, 11) is 0. The number of hydrogen-bond acceptors (Lipinski definition) is 5. The van der Waals surface area contributed by atoms with E-state index in [0.717, 1.165) is 41.0 Å². The third-order valence-electron chi connectivity index (χ3n) is 5.23. The van der Waals surface area contributed by atoms with Crippen molar-refractivity contribution in [3.8, 4) is 22.4 Å². The molecule has 3 heterocycles. The molecule has 1 fully saturated rings. The van der Waals surface area contributed by atoms with Crippen molar-refractivity contribution in [3.63, 3.8) is 0 Å². The quantitative estimate of drug-likeness (QED) is 0.612. The molecular formula is C22H24ClN5O2. The van der Waals surface area contributed by atoms with Gasteiger partial charge in [-0.15, -0.1) is 0 Å². The lowest BCUT2D eigenvalue weighted by molar-refractivity contribution is 0.0983. The van der Waals surface area contributed by atoms with Gasteiger partial charge in [-0.3, -0.25) is 10.1 Å². The molecule has 7 nitrogen and oxygen atoms in total. The molecule has 3 aromatic rings. The monoisotopic (exact) mass is 425 g/mol. The Labute approximate surface area is 180 Å².